The Morgan fingerprint density at radius 3 is 2.85 bits per heavy atom. The molecule has 0 radical (unpaired) electrons. The lowest BCUT2D eigenvalue weighted by Gasteiger charge is -2.13. The molecular weight excluding hydrogens is 422 g/mol. The first-order valence-corrected chi connectivity index (χ1v) is 9.34. The Morgan fingerprint density at radius 1 is 1.50 bits per heavy atom. The minimum atomic E-state index is -0.494. The van der Waals surface area contributed by atoms with E-state index in [4.69, 9.17) is 14.0 Å². The summed E-state index contributed by atoms with van der Waals surface area (Å²) in [5, 5.41) is 7.47. The second-order valence-electron chi connectivity index (χ2n) is 5.90. The molecular formula is C17H20BrN3O4S. The quantitative estimate of drug-likeness (QED) is 0.693. The maximum Gasteiger partial charge on any atom is 0.255 e. The Hall–Kier alpha value is -1.71. The second-order valence-corrected chi connectivity index (χ2v) is 7.36. The third kappa shape index (κ3) is 3.19. The van der Waals surface area contributed by atoms with Crippen molar-refractivity contribution >= 4 is 57.0 Å². The number of nitrogens with one attached hydrogen (secondary N) is 1. The number of carbonyl (C=O) groups excluding carboxylic acids is 1. The van der Waals surface area contributed by atoms with Crippen molar-refractivity contribution in [1.82, 2.24) is 5.32 Å². The molecule has 26 heavy (non-hydrogen) atoms. The Labute approximate surface area is 165 Å². The van der Waals surface area contributed by atoms with Crippen molar-refractivity contribution in [3.63, 3.8) is 0 Å². The van der Waals surface area contributed by atoms with Crippen LogP contribution in [0.1, 0.15) is 30.0 Å². The summed E-state index contributed by atoms with van der Waals surface area (Å²) in [6.07, 6.45) is -0.494. The highest BCUT2D eigenvalue weighted by Gasteiger charge is 2.37. The number of benzene rings is 1. The first kappa shape index (κ1) is 19.1. The fourth-order valence-electron chi connectivity index (χ4n) is 2.88. The lowest BCUT2D eigenvalue weighted by Crippen LogP contribution is -2.26. The van der Waals surface area contributed by atoms with E-state index >= 15 is 0 Å². The number of nitrogens with zero attached hydrogens (tertiary/aromatic N) is 2. The molecule has 2 heterocycles. The minimum absolute atomic E-state index is 0.172. The van der Waals surface area contributed by atoms with Crippen molar-refractivity contribution in [2.45, 2.75) is 20.1 Å². The fraction of sp³-hybridized carbons (Fsp3) is 0.412. The molecule has 9 heteroatoms. The predicted octanol–water partition coefficient (Wildman–Crippen LogP) is 3.57. The van der Waals surface area contributed by atoms with Crippen LogP contribution in [0.15, 0.2) is 26.2 Å². The highest BCUT2D eigenvalue weighted by atomic mass is 79.9. The fourth-order valence-corrected chi connectivity index (χ4v) is 3.80. The van der Waals surface area contributed by atoms with Crippen molar-refractivity contribution in [2.75, 3.05) is 25.0 Å². The Kier molecular flexibility index (Phi) is 5.50. The number of ether oxygens (including phenoxy) is 1. The SMILES string of the molecule is CCOC1ON=C(c2oc3cc(N(C)S)c(Br)cc3c2C(=O)NC)C1C. The second kappa shape index (κ2) is 7.50. The molecule has 1 aliphatic heterocycles. The smallest absolute Gasteiger partial charge is 0.255 e. The van der Waals surface area contributed by atoms with Crippen LogP contribution in [0.5, 0.6) is 0 Å². The van der Waals surface area contributed by atoms with Crippen LogP contribution in [0, 0.1) is 5.92 Å². The van der Waals surface area contributed by atoms with Crippen LogP contribution >= 0.6 is 28.7 Å². The van der Waals surface area contributed by atoms with Gasteiger partial charge in [-0.05, 0) is 28.9 Å². The zero-order valence-electron chi connectivity index (χ0n) is 14.9. The van der Waals surface area contributed by atoms with Crippen molar-refractivity contribution in [3.8, 4) is 0 Å². The Balaban J connectivity index is 2.17. The van der Waals surface area contributed by atoms with Crippen LogP contribution in [-0.4, -0.2) is 38.6 Å². The molecule has 2 atom stereocenters. The number of anilines is 1. The van der Waals surface area contributed by atoms with Gasteiger partial charge >= 0.3 is 0 Å². The Bertz CT molecular complexity index is 881. The largest absolute Gasteiger partial charge is 0.454 e. The van der Waals surface area contributed by atoms with E-state index in [0.717, 1.165) is 10.2 Å². The summed E-state index contributed by atoms with van der Waals surface area (Å²) in [6.45, 7) is 4.32. The predicted molar refractivity (Wildman–Crippen MR) is 107 cm³/mol. The number of carbonyl (C=O) groups is 1. The number of amides is 1. The van der Waals surface area contributed by atoms with Crippen molar-refractivity contribution < 1.29 is 18.8 Å². The summed E-state index contributed by atoms with van der Waals surface area (Å²) in [7, 11) is 3.39. The molecule has 0 saturated heterocycles. The van der Waals surface area contributed by atoms with Crippen LogP contribution in [0.3, 0.4) is 0 Å². The molecule has 2 aromatic rings. The summed E-state index contributed by atoms with van der Waals surface area (Å²) < 4.78 is 14.0. The van der Waals surface area contributed by atoms with E-state index in [-0.39, 0.29) is 11.8 Å². The van der Waals surface area contributed by atoms with Gasteiger partial charge in [-0.15, -0.1) is 0 Å². The van der Waals surface area contributed by atoms with E-state index < -0.39 is 6.29 Å². The molecule has 1 aromatic carbocycles. The van der Waals surface area contributed by atoms with Gasteiger partial charge < -0.3 is 23.6 Å². The number of rotatable bonds is 5. The van der Waals surface area contributed by atoms with Gasteiger partial charge in [0.05, 0.1) is 17.2 Å². The van der Waals surface area contributed by atoms with Crippen LogP contribution in [0.25, 0.3) is 11.0 Å². The molecule has 0 spiro atoms. The number of oxime groups is 1. The molecule has 0 bridgehead atoms. The van der Waals surface area contributed by atoms with Gasteiger partial charge in [0, 0.05) is 36.6 Å². The molecule has 1 aromatic heterocycles. The lowest BCUT2D eigenvalue weighted by molar-refractivity contribution is -0.138. The number of hydrogen-bond donors (Lipinski definition) is 2. The normalized spacial score (nSPS) is 19.4. The number of halogens is 1. The van der Waals surface area contributed by atoms with Crippen molar-refractivity contribution in [3.05, 3.63) is 27.9 Å². The summed E-state index contributed by atoms with van der Waals surface area (Å²) in [4.78, 5) is 17.9. The van der Waals surface area contributed by atoms with E-state index in [1.165, 1.54) is 0 Å². The van der Waals surface area contributed by atoms with Gasteiger partial charge in [0.25, 0.3) is 5.91 Å². The molecule has 3 rings (SSSR count). The van der Waals surface area contributed by atoms with E-state index in [9.17, 15) is 4.79 Å². The molecule has 0 aliphatic carbocycles. The highest BCUT2D eigenvalue weighted by molar-refractivity contribution is 9.10. The van der Waals surface area contributed by atoms with E-state index in [1.807, 2.05) is 33.0 Å². The third-order valence-corrected chi connectivity index (χ3v) is 5.07. The van der Waals surface area contributed by atoms with Crippen molar-refractivity contribution in [1.29, 1.82) is 0 Å². The van der Waals surface area contributed by atoms with Crippen molar-refractivity contribution in [2.24, 2.45) is 11.1 Å². The monoisotopic (exact) mass is 441 g/mol. The van der Waals surface area contributed by atoms with Gasteiger partial charge in [0.2, 0.25) is 6.29 Å². The third-order valence-electron chi connectivity index (χ3n) is 4.22. The number of thiol groups is 1. The summed E-state index contributed by atoms with van der Waals surface area (Å²) in [5.41, 5.74) is 2.35. The van der Waals surface area contributed by atoms with Crippen LogP contribution in [0.4, 0.5) is 5.69 Å². The van der Waals surface area contributed by atoms with E-state index in [2.05, 4.69) is 39.2 Å². The summed E-state index contributed by atoms with van der Waals surface area (Å²) in [6, 6.07) is 3.67. The molecule has 140 valence electrons. The summed E-state index contributed by atoms with van der Waals surface area (Å²) >= 11 is 7.85. The molecule has 0 fully saturated rings. The Morgan fingerprint density at radius 2 is 2.23 bits per heavy atom. The lowest BCUT2D eigenvalue weighted by atomic mass is 9.99. The van der Waals surface area contributed by atoms with Gasteiger partial charge in [-0.2, -0.15) is 0 Å². The average Bonchev–Trinajstić information content (AvgIpc) is 3.14. The number of furan rings is 1. The van der Waals surface area contributed by atoms with Gasteiger partial charge in [-0.1, -0.05) is 24.9 Å². The van der Waals surface area contributed by atoms with Gasteiger partial charge in [-0.3, -0.25) is 4.79 Å². The minimum Gasteiger partial charge on any atom is -0.454 e. The van der Waals surface area contributed by atoms with Gasteiger partial charge in [-0.25, -0.2) is 0 Å². The maximum atomic E-state index is 12.6. The highest BCUT2D eigenvalue weighted by Crippen LogP contribution is 2.37. The van der Waals surface area contributed by atoms with Crippen LogP contribution in [-0.2, 0) is 9.57 Å². The first-order chi connectivity index (χ1) is 12.4. The topological polar surface area (TPSA) is 76.3 Å². The molecule has 2 unspecified atom stereocenters. The number of hydrogen-bond acceptors (Lipinski definition) is 7. The zero-order chi connectivity index (χ0) is 19.0. The summed E-state index contributed by atoms with van der Waals surface area (Å²) in [5.74, 6) is -0.0401. The van der Waals surface area contributed by atoms with E-state index in [0.29, 0.717) is 34.6 Å². The molecule has 7 nitrogen and oxygen atoms in total. The molecule has 1 N–H and O–H groups in total. The van der Waals surface area contributed by atoms with Gasteiger partial charge in [0.1, 0.15) is 11.3 Å². The van der Waals surface area contributed by atoms with Crippen LogP contribution < -0.4 is 9.62 Å². The molecule has 0 saturated carbocycles. The molecule has 1 amide bonds. The maximum absolute atomic E-state index is 12.6. The molecule has 1 aliphatic rings. The standard InChI is InChI=1S/C17H20BrN3O4S/c1-5-23-17-8(2)14(20-25-17)15-13(16(22)19-3)9-6-10(18)11(21(4)26)7-12(9)24-15/h6-8,17,26H,5H2,1-4H3,(H,19,22). The number of fused-ring (bicyclic) bond motifs is 1. The average molecular weight is 442 g/mol. The van der Waals surface area contributed by atoms with Crippen LogP contribution in [0.2, 0.25) is 0 Å². The zero-order valence-corrected chi connectivity index (χ0v) is 17.3. The van der Waals surface area contributed by atoms with E-state index in [1.54, 1.807) is 11.4 Å². The van der Waals surface area contributed by atoms with Gasteiger partial charge in [0.15, 0.2) is 5.76 Å². The first-order valence-electron chi connectivity index (χ1n) is 8.15.